The van der Waals surface area contributed by atoms with Crippen molar-refractivity contribution in [3.8, 4) is 0 Å². The molecule has 2 rings (SSSR count). The molecular formula is C11H13N3O. The van der Waals surface area contributed by atoms with Gasteiger partial charge in [-0.05, 0) is 19.1 Å². The summed E-state index contributed by atoms with van der Waals surface area (Å²) in [6.07, 6.45) is 2.79. The van der Waals surface area contributed by atoms with Gasteiger partial charge in [0, 0.05) is 30.7 Å². The second-order valence-electron chi connectivity index (χ2n) is 3.55. The van der Waals surface area contributed by atoms with Crippen molar-refractivity contribution in [2.75, 3.05) is 0 Å². The van der Waals surface area contributed by atoms with Crippen LogP contribution in [0.4, 0.5) is 0 Å². The van der Waals surface area contributed by atoms with Crippen LogP contribution in [0.25, 0.3) is 0 Å². The number of aliphatic hydroxyl groups excluding tert-OH is 1. The van der Waals surface area contributed by atoms with Gasteiger partial charge in [-0.25, -0.2) is 0 Å². The molecule has 0 spiro atoms. The Balaban J connectivity index is 2.28. The lowest BCUT2D eigenvalue weighted by molar-refractivity contribution is 0.214. The molecule has 1 unspecified atom stereocenters. The van der Waals surface area contributed by atoms with E-state index in [0.29, 0.717) is 5.69 Å². The molecule has 0 aromatic carbocycles. The molecule has 1 atom stereocenters. The zero-order valence-electron chi connectivity index (χ0n) is 8.75. The molecule has 0 saturated heterocycles. The van der Waals surface area contributed by atoms with Gasteiger partial charge in [0.05, 0.1) is 5.69 Å². The van der Waals surface area contributed by atoms with E-state index in [1.807, 2.05) is 26.1 Å². The Morgan fingerprint density at radius 2 is 2.13 bits per heavy atom. The molecule has 0 aliphatic carbocycles. The highest BCUT2D eigenvalue weighted by molar-refractivity contribution is 5.23. The number of aryl methyl sites for hydroxylation is 2. The van der Waals surface area contributed by atoms with Crippen LogP contribution in [0.1, 0.15) is 23.1 Å². The number of aliphatic hydroxyl groups is 1. The first-order valence-electron chi connectivity index (χ1n) is 4.77. The van der Waals surface area contributed by atoms with Gasteiger partial charge in [0.25, 0.3) is 0 Å². The van der Waals surface area contributed by atoms with Crippen molar-refractivity contribution in [1.82, 2.24) is 14.8 Å². The van der Waals surface area contributed by atoms with Gasteiger partial charge >= 0.3 is 0 Å². The Bertz CT molecular complexity index is 447. The van der Waals surface area contributed by atoms with Gasteiger partial charge in [0.15, 0.2) is 0 Å². The first-order chi connectivity index (χ1) is 7.16. The van der Waals surface area contributed by atoms with Crippen LogP contribution in [0.15, 0.2) is 30.6 Å². The summed E-state index contributed by atoms with van der Waals surface area (Å²) in [6.45, 7) is 1.91. The number of nitrogens with zero attached hydrogens (tertiary/aromatic N) is 3. The molecule has 4 nitrogen and oxygen atoms in total. The van der Waals surface area contributed by atoms with Crippen LogP contribution in [-0.2, 0) is 7.05 Å². The number of aromatic nitrogens is 3. The highest BCUT2D eigenvalue weighted by Gasteiger charge is 2.12. The van der Waals surface area contributed by atoms with Crippen LogP contribution in [0.5, 0.6) is 0 Å². The van der Waals surface area contributed by atoms with E-state index in [1.54, 1.807) is 23.1 Å². The lowest BCUT2D eigenvalue weighted by Crippen LogP contribution is -2.02. The highest BCUT2D eigenvalue weighted by atomic mass is 16.3. The largest absolute Gasteiger partial charge is 0.382 e. The fourth-order valence-corrected chi connectivity index (χ4v) is 1.39. The van der Waals surface area contributed by atoms with Crippen LogP contribution in [0.3, 0.4) is 0 Å². The normalized spacial score (nSPS) is 12.7. The Labute approximate surface area is 88.2 Å². The van der Waals surface area contributed by atoms with Gasteiger partial charge in [-0.15, -0.1) is 0 Å². The quantitative estimate of drug-likeness (QED) is 0.798. The number of rotatable bonds is 2. The monoisotopic (exact) mass is 203 g/mol. The summed E-state index contributed by atoms with van der Waals surface area (Å²) in [7, 11) is 1.82. The number of pyridine rings is 1. The lowest BCUT2D eigenvalue weighted by atomic mass is 10.1. The summed E-state index contributed by atoms with van der Waals surface area (Å²) in [6, 6.07) is 5.54. The lowest BCUT2D eigenvalue weighted by Gasteiger charge is -2.07. The van der Waals surface area contributed by atoms with Crippen molar-refractivity contribution >= 4 is 0 Å². The Morgan fingerprint density at radius 3 is 2.67 bits per heavy atom. The predicted octanol–water partition coefficient (Wildman–Crippen LogP) is 1.21. The van der Waals surface area contributed by atoms with E-state index in [4.69, 9.17) is 0 Å². The predicted molar refractivity (Wildman–Crippen MR) is 56.2 cm³/mol. The summed E-state index contributed by atoms with van der Waals surface area (Å²) in [5, 5.41) is 14.1. The Morgan fingerprint density at radius 1 is 1.33 bits per heavy atom. The summed E-state index contributed by atoms with van der Waals surface area (Å²) >= 11 is 0. The van der Waals surface area contributed by atoms with Crippen molar-refractivity contribution in [1.29, 1.82) is 0 Å². The summed E-state index contributed by atoms with van der Waals surface area (Å²) < 4.78 is 1.67. The first kappa shape index (κ1) is 9.86. The molecular weight excluding hydrogens is 190 g/mol. The number of hydrogen-bond donors (Lipinski definition) is 1. The van der Waals surface area contributed by atoms with Gasteiger partial charge < -0.3 is 5.11 Å². The standard InChI is InChI=1S/C11H13N3O/c1-8-3-4-9(7-12-8)11(15)10-5-6-14(2)13-10/h3-7,11,15H,1-2H3. The zero-order valence-corrected chi connectivity index (χ0v) is 8.75. The molecule has 0 bridgehead atoms. The maximum absolute atomic E-state index is 9.98. The minimum absolute atomic E-state index is 0.642. The zero-order chi connectivity index (χ0) is 10.8. The maximum atomic E-state index is 9.98. The van der Waals surface area contributed by atoms with Crippen LogP contribution in [-0.4, -0.2) is 19.9 Å². The van der Waals surface area contributed by atoms with Crippen molar-refractivity contribution in [3.05, 3.63) is 47.5 Å². The SMILES string of the molecule is Cc1ccc(C(O)c2ccn(C)n2)cn1. The number of hydrogen-bond acceptors (Lipinski definition) is 3. The molecule has 0 aliphatic rings. The molecule has 4 heteroatoms. The third-order valence-corrected chi connectivity index (χ3v) is 2.26. The van der Waals surface area contributed by atoms with Crippen molar-refractivity contribution in [2.24, 2.45) is 7.05 Å². The van der Waals surface area contributed by atoms with Crippen molar-refractivity contribution < 1.29 is 5.11 Å². The van der Waals surface area contributed by atoms with Gasteiger partial charge in [-0.1, -0.05) is 6.07 Å². The van der Waals surface area contributed by atoms with E-state index < -0.39 is 6.10 Å². The fourth-order valence-electron chi connectivity index (χ4n) is 1.39. The third-order valence-electron chi connectivity index (χ3n) is 2.26. The van der Waals surface area contributed by atoms with Crippen LogP contribution in [0, 0.1) is 6.92 Å². The van der Waals surface area contributed by atoms with E-state index in [9.17, 15) is 5.11 Å². The average Bonchev–Trinajstić information content (AvgIpc) is 2.65. The van der Waals surface area contributed by atoms with Crippen LogP contribution >= 0.6 is 0 Å². The minimum atomic E-state index is -0.695. The Kier molecular flexibility index (Phi) is 2.51. The van der Waals surface area contributed by atoms with Gasteiger partial charge in [0.2, 0.25) is 0 Å². The first-order valence-corrected chi connectivity index (χ1v) is 4.77. The summed E-state index contributed by atoms with van der Waals surface area (Å²) in [5.74, 6) is 0. The van der Waals surface area contributed by atoms with E-state index in [0.717, 1.165) is 11.3 Å². The molecule has 0 fully saturated rings. The second kappa shape index (κ2) is 3.82. The van der Waals surface area contributed by atoms with E-state index in [2.05, 4.69) is 10.1 Å². The smallest absolute Gasteiger partial charge is 0.124 e. The van der Waals surface area contributed by atoms with E-state index in [-0.39, 0.29) is 0 Å². The second-order valence-corrected chi connectivity index (χ2v) is 3.55. The highest BCUT2D eigenvalue weighted by Crippen LogP contribution is 2.18. The van der Waals surface area contributed by atoms with Gasteiger partial charge in [-0.3, -0.25) is 9.67 Å². The molecule has 0 amide bonds. The summed E-state index contributed by atoms with van der Waals surface area (Å²) in [5.41, 5.74) is 2.34. The molecule has 0 saturated carbocycles. The average molecular weight is 203 g/mol. The maximum Gasteiger partial charge on any atom is 0.124 e. The van der Waals surface area contributed by atoms with Gasteiger partial charge in [0.1, 0.15) is 6.10 Å². The molecule has 1 N–H and O–H groups in total. The van der Waals surface area contributed by atoms with Gasteiger partial charge in [-0.2, -0.15) is 5.10 Å². The fraction of sp³-hybridized carbons (Fsp3) is 0.273. The molecule has 0 aliphatic heterocycles. The molecule has 2 aromatic rings. The van der Waals surface area contributed by atoms with E-state index in [1.165, 1.54) is 0 Å². The molecule has 0 radical (unpaired) electrons. The molecule has 15 heavy (non-hydrogen) atoms. The topological polar surface area (TPSA) is 50.9 Å². The molecule has 78 valence electrons. The Hall–Kier alpha value is -1.68. The minimum Gasteiger partial charge on any atom is -0.382 e. The third kappa shape index (κ3) is 2.05. The molecule has 2 aromatic heterocycles. The van der Waals surface area contributed by atoms with E-state index >= 15 is 0 Å². The van der Waals surface area contributed by atoms with Crippen molar-refractivity contribution in [2.45, 2.75) is 13.0 Å². The summed E-state index contributed by atoms with van der Waals surface area (Å²) in [4.78, 5) is 4.14. The van der Waals surface area contributed by atoms with Crippen molar-refractivity contribution in [3.63, 3.8) is 0 Å². The molecule has 2 heterocycles. The van der Waals surface area contributed by atoms with Crippen LogP contribution < -0.4 is 0 Å². The van der Waals surface area contributed by atoms with Crippen LogP contribution in [0.2, 0.25) is 0 Å².